The van der Waals surface area contributed by atoms with Crippen molar-refractivity contribution in [1.29, 1.82) is 0 Å². The summed E-state index contributed by atoms with van der Waals surface area (Å²) in [7, 11) is 0. The van der Waals surface area contributed by atoms with Gasteiger partial charge in [-0.2, -0.15) is 0 Å². The van der Waals surface area contributed by atoms with Crippen LogP contribution in [0, 0.1) is 6.92 Å². The molecule has 0 fully saturated rings. The number of benzene rings is 2. The van der Waals surface area contributed by atoms with Gasteiger partial charge in [-0.25, -0.2) is 4.98 Å². The van der Waals surface area contributed by atoms with Gasteiger partial charge in [-0.05, 0) is 13.0 Å². The van der Waals surface area contributed by atoms with Gasteiger partial charge in [-0.15, -0.1) is 11.3 Å². The van der Waals surface area contributed by atoms with E-state index >= 15 is 0 Å². The molecule has 1 aliphatic rings. The molecule has 7 heteroatoms. The van der Waals surface area contributed by atoms with Crippen LogP contribution in [-0.2, 0) is 11.2 Å². The van der Waals surface area contributed by atoms with E-state index in [0.29, 0.717) is 35.4 Å². The molecular weight excluding hydrogens is 396 g/mol. The molecule has 144 valence electrons. The van der Waals surface area contributed by atoms with Gasteiger partial charge in [0.25, 0.3) is 0 Å². The van der Waals surface area contributed by atoms with Gasteiger partial charge in [-0.3, -0.25) is 4.79 Å². The number of aromatic nitrogens is 1. The van der Waals surface area contributed by atoms with Crippen LogP contribution >= 0.6 is 22.9 Å². The van der Waals surface area contributed by atoms with Gasteiger partial charge in [-0.1, -0.05) is 35.4 Å². The molecule has 5 nitrogen and oxygen atoms in total. The molecule has 4 rings (SSSR count). The third-order valence-electron chi connectivity index (χ3n) is 4.27. The lowest BCUT2D eigenvalue weighted by Gasteiger charge is -2.12. The molecule has 0 saturated carbocycles. The standard InChI is InChI=1S/C21H19ClN2O3S/c1-13-4-2-5-14(8-13)21-23-15(12-28-21)9-20(25)24-17-11-19-18(10-16(17)22)26-6-3-7-27-19/h2,4-5,8,10-12H,3,6-7,9H2,1H3,(H,24,25). The molecule has 2 heterocycles. The molecule has 2 aromatic carbocycles. The first-order valence-electron chi connectivity index (χ1n) is 8.99. The number of halogens is 1. The number of rotatable bonds is 4. The lowest BCUT2D eigenvalue weighted by molar-refractivity contribution is -0.115. The van der Waals surface area contributed by atoms with Gasteiger partial charge in [0.2, 0.25) is 5.91 Å². The summed E-state index contributed by atoms with van der Waals surface area (Å²) in [4.78, 5) is 17.1. The van der Waals surface area contributed by atoms with Crippen molar-refractivity contribution in [2.24, 2.45) is 0 Å². The molecule has 0 bridgehead atoms. The Balaban J connectivity index is 1.46. The summed E-state index contributed by atoms with van der Waals surface area (Å²) >= 11 is 7.83. The average molecular weight is 415 g/mol. The van der Waals surface area contributed by atoms with Crippen LogP contribution in [0.3, 0.4) is 0 Å². The second kappa shape index (κ2) is 8.20. The SMILES string of the molecule is Cc1cccc(-c2nc(CC(=O)Nc3cc4c(cc3Cl)OCCCO4)cs2)c1. The number of carbonyl (C=O) groups is 1. The van der Waals surface area contributed by atoms with Crippen molar-refractivity contribution in [3.05, 3.63) is 58.1 Å². The van der Waals surface area contributed by atoms with Crippen LogP contribution < -0.4 is 14.8 Å². The highest BCUT2D eigenvalue weighted by Gasteiger charge is 2.16. The van der Waals surface area contributed by atoms with Crippen LogP contribution in [0.1, 0.15) is 17.7 Å². The summed E-state index contributed by atoms with van der Waals surface area (Å²) in [5.74, 6) is 1.01. The molecule has 0 radical (unpaired) electrons. The number of ether oxygens (including phenoxy) is 2. The Hall–Kier alpha value is -2.57. The maximum absolute atomic E-state index is 12.5. The van der Waals surface area contributed by atoms with Crippen LogP contribution in [0.2, 0.25) is 5.02 Å². The highest BCUT2D eigenvalue weighted by molar-refractivity contribution is 7.13. The number of hydrogen-bond donors (Lipinski definition) is 1. The van der Waals surface area contributed by atoms with Crippen LogP contribution in [0.25, 0.3) is 10.6 Å². The largest absolute Gasteiger partial charge is 0.490 e. The topological polar surface area (TPSA) is 60.5 Å². The number of nitrogens with zero attached hydrogens (tertiary/aromatic N) is 1. The third-order valence-corrected chi connectivity index (χ3v) is 5.52. The first-order valence-corrected chi connectivity index (χ1v) is 10.2. The number of thiazole rings is 1. The molecule has 1 aromatic heterocycles. The normalized spacial score (nSPS) is 13.1. The van der Waals surface area contributed by atoms with E-state index in [9.17, 15) is 4.79 Å². The van der Waals surface area contributed by atoms with E-state index in [0.717, 1.165) is 22.7 Å². The monoisotopic (exact) mass is 414 g/mol. The quantitative estimate of drug-likeness (QED) is 0.644. The number of hydrogen-bond acceptors (Lipinski definition) is 5. The molecule has 0 saturated heterocycles. The molecule has 0 unspecified atom stereocenters. The summed E-state index contributed by atoms with van der Waals surface area (Å²) in [6.45, 7) is 3.20. The van der Waals surface area contributed by atoms with E-state index in [1.807, 2.05) is 30.5 Å². The van der Waals surface area contributed by atoms with Gasteiger partial charge in [0.15, 0.2) is 11.5 Å². The minimum atomic E-state index is -0.183. The predicted molar refractivity (Wildman–Crippen MR) is 112 cm³/mol. The zero-order valence-corrected chi connectivity index (χ0v) is 16.9. The fraction of sp³-hybridized carbons (Fsp3) is 0.238. The molecule has 0 atom stereocenters. The molecule has 3 aromatic rings. The number of carbonyl (C=O) groups excluding carboxylic acids is 1. The van der Waals surface area contributed by atoms with Gasteiger partial charge in [0.05, 0.1) is 36.0 Å². The maximum Gasteiger partial charge on any atom is 0.230 e. The van der Waals surface area contributed by atoms with Gasteiger partial charge < -0.3 is 14.8 Å². The van der Waals surface area contributed by atoms with Crippen molar-refractivity contribution < 1.29 is 14.3 Å². The molecule has 1 aliphatic heterocycles. The molecular formula is C21H19ClN2O3S. The fourth-order valence-electron chi connectivity index (χ4n) is 2.94. The Morgan fingerprint density at radius 1 is 1.21 bits per heavy atom. The lowest BCUT2D eigenvalue weighted by atomic mass is 10.1. The van der Waals surface area contributed by atoms with Crippen molar-refractivity contribution in [1.82, 2.24) is 4.98 Å². The highest BCUT2D eigenvalue weighted by atomic mass is 35.5. The van der Waals surface area contributed by atoms with Gasteiger partial charge in [0, 0.05) is 29.5 Å². The van der Waals surface area contributed by atoms with Crippen LogP contribution in [0.4, 0.5) is 5.69 Å². The third kappa shape index (κ3) is 4.29. The average Bonchev–Trinajstić information content (AvgIpc) is 3.01. The molecule has 1 amide bonds. The Labute approximate surface area is 172 Å². The van der Waals surface area contributed by atoms with Gasteiger partial charge in [0.1, 0.15) is 5.01 Å². The van der Waals surface area contributed by atoms with Crippen molar-refractivity contribution in [2.75, 3.05) is 18.5 Å². The summed E-state index contributed by atoms with van der Waals surface area (Å²) in [6.07, 6.45) is 0.980. The maximum atomic E-state index is 12.5. The first kappa shape index (κ1) is 18.8. The van der Waals surface area contributed by atoms with Crippen LogP contribution in [-0.4, -0.2) is 24.1 Å². The van der Waals surface area contributed by atoms with Gasteiger partial charge >= 0.3 is 0 Å². The zero-order valence-electron chi connectivity index (χ0n) is 15.3. The predicted octanol–water partition coefficient (Wildman–Crippen LogP) is 5.11. The van der Waals surface area contributed by atoms with E-state index in [2.05, 4.69) is 16.4 Å². The smallest absolute Gasteiger partial charge is 0.230 e. The fourth-order valence-corrected chi connectivity index (χ4v) is 3.96. The Kier molecular flexibility index (Phi) is 5.50. The van der Waals surface area contributed by atoms with Crippen molar-refractivity contribution in [2.45, 2.75) is 19.8 Å². The number of aryl methyl sites for hydroxylation is 1. The second-order valence-electron chi connectivity index (χ2n) is 6.57. The van der Waals surface area contributed by atoms with Crippen molar-refractivity contribution in [3.63, 3.8) is 0 Å². The minimum Gasteiger partial charge on any atom is -0.490 e. The van der Waals surface area contributed by atoms with E-state index < -0.39 is 0 Å². The Morgan fingerprint density at radius 2 is 2.00 bits per heavy atom. The van der Waals surface area contributed by atoms with Crippen LogP contribution in [0.5, 0.6) is 11.5 Å². The minimum absolute atomic E-state index is 0.174. The summed E-state index contributed by atoms with van der Waals surface area (Å²) in [5, 5.41) is 6.07. The van der Waals surface area contributed by atoms with Crippen molar-refractivity contribution in [3.8, 4) is 22.1 Å². The number of amides is 1. The molecule has 0 spiro atoms. The number of anilines is 1. The Morgan fingerprint density at radius 3 is 2.79 bits per heavy atom. The first-order chi connectivity index (χ1) is 13.6. The molecule has 0 aliphatic carbocycles. The second-order valence-corrected chi connectivity index (χ2v) is 7.83. The molecule has 1 N–H and O–H groups in total. The number of nitrogens with one attached hydrogen (secondary N) is 1. The summed E-state index contributed by atoms with van der Waals surface area (Å²) in [5.41, 5.74) is 3.47. The van der Waals surface area contributed by atoms with Crippen molar-refractivity contribution >= 4 is 34.5 Å². The number of fused-ring (bicyclic) bond motifs is 1. The summed E-state index contributed by atoms with van der Waals surface area (Å²) in [6, 6.07) is 11.5. The summed E-state index contributed by atoms with van der Waals surface area (Å²) < 4.78 is 11.3. The lowest BCUT2D eigenvalue weighted by Crippen LogP contribution is -2.15. The molecule has 28 heavy (non-hydrogen) atoms. The van der Waals surface area contributed by atoms with Crippen LogP contribution in [0.15, 0.2) is 41.8 Å². The zero-order chi connectivity index (χ0) is 19.5. The van der Waals surface area contributed by atoms with E-state index in [1.165, 1.54) is 16.9 Å². The van der Waals surface area contributed by atoms with E-state index in [-0.39, 0.29) is 12.3 Å². The van der Waals surface area contributed by atoms with E-state index in [1.54, 1.807) is 12.1 Å². The Bertz CT molecular complexity index is 1020. The van der Waals surface area contributed by atoms with E-state index in [4.69, 9.17) is 21.1 Å². The highest BCUT2D eigenvalue weighted by Crippen LogP contribution is 2.37.